The van der Waals surface area contributed by atoms with Gasteiger partial charge in [-0.05, 0) is 41.7 Å². The molecule has 2 atom stereocenters. The van der Waals surface area contributed by atoms with Crippen molar-refractivity contribution in [2.24, 2.45) is 5.92 Å². The van der Waals surface area contributed by atoms with E-state index in [1.807, 2.05) is 56.3 Å². The second-order valence-electron chi connectivity index (χ2n) is 7.55. The summed E-state index contributed by atoms with van der Waals surface area (Å²) in [7, 11) is 0. The number of halogens is 1. The molecule has 0 bridgehead atoms. The third-order valence-electron chi connectivity index (χ3n) is 5.56. The van der Waals surface area contributed by atoms with Crippen LogP contribution in [0.3, 0.4) is 0 Å². The number of benzene rings is 2. The normalized spacial score (nSPS) is 16.3. The van der Waals surface area contributed by atoms with Gasteiger partial charge in [-0.25, -0.2) is 0 Å². The van der Waals surface area contributed by atoms with Crippen molar-refractivity contribution in [2.75, 3.05) is 12.3 Å². The summed E-state index contributed by atoms with van der Waals surface area (Å²) in [6.07, 6.45) is 2.06. The first kappa shape index (κ1) is 22.8. The van der Waals surface area contributed by atoms with Crippen LogP contribution in [0.25, 0.3) is 0 Å². The van der Waals surface area contributed by atoms with E-state index >= 15 is 0 Å². The van der Waals surface area contributed by atoms with Gasteiger partial charge in [0.1, 0.15) is 6.04 Å². The number of nitrogens with two attached hydrogens (primary N) is 1. The third kappa shape index (κ3) is 5.51. The molecule has 1 aliphatic rings. The monoisotopic (exact) mass is 415 g/mol. The average molecular weight is 416 g/mol. The van der Waals surface area contributed by atoms with Crippen molar-refractivity contribution < 1.29 is 9.59 Å². The molecule has 1 heterocycles. The molecule has 2 unspecified atom stereocenters. The topological polar surface area (TPSA) is 75.4 Å². The smallest absolute Gasteiger partial charge is 0.243 e. The minimum Gasteiger partial charge on any atom is -0.399 e. The largest absolute Gasteiger partial charge is 0.399 e. The molecule has 0 spiro atoms. The lowest BCUT2D eigenvalue weighted by Gasteiger charge is -2.37. The lowest BCUT2D eigenvalue weighted by Crippen LogP contribution is -2.54. The highest BCUT2D eigenvalue weighted by Crippen LogP contribution is 2.25. The maximum atomic E-state index is 13.0. The highest BCUT2D eigenvalue weighted by atomic mass is 35.5. The number of nitrogen functional groups attached to an aromatic ring is 1. The van der Waals surface area contributed by atoms with Crippen LogP contribution in [0, 0.1) is 5.92 Å². The maximum Gasteiger partial charge on any atom is 0.243 e. The fraction of sp³-hybridized carbons (Fsp3) is 0.391. The zero-order valence-corrected chi connectivity index (χ0v) is 17.9. The van der Waals surface area contributed by atoms with Gasteiger partial charge in [0, 0.05) is 31.1 Å². The predicted octanol–water partition coefficient (Wildman–Crippen LogP) is 3.35. The number of nitrogens with zero attached hydrogens (tertiary/aromatic N) is 1. The van der Waals surface area contributed by atoms with E-state index in [0.29, 0.717) is 19.5 Å². The van der Waals surface area contributed by atoms with Gasteiger partial charge in [0.05, 0.1) is 0 Å². The van der Waals surface area contributed by atoms with Crippen molar-refractivity contribution in [3.05, 3.63) is 65.2 Å². The molecule has 2 aromatic rings. The van der Waals surface area contributed by atoms with Gasteiger partial charge < -0.3 is 16.0 Å². The quantitative estimate of drug-likeness (QED) is 0.710. The minimum absolute atomic E-state index is 0. The van der Waals surface area contributed by atoms with Crippen molar-refractivity contribution in [3.63, 3.8) is 0 Å². The number of carbonyl (C=O) groups excluding carboxylic acids is 2. The molecule has 1 aliphatic heterocycles. The van der Waals surface area contributed by atoms with E-state index in [4.69, 9.17) is 5.73 Å². The van der Waals surface area contributed by atoms with E-state index in [0.717, 1.165) is 35.2 Å². The lowest BCUT2D eigenvalue weighted by molar-refractivity contribution is -0.144. The Morgan fingerprint density at radius 3 is 2.45 bits per heavy atom. The summed E-state index contributed by atoms with van der Waals surface area (Å²) in [5, 5.41) is 3.02. The fourth-order valence-electron chi connectivity index (χ4n) is 3.58. The van der Waals surface area contributed by atoms with Crippen molar-refractivity contribution in [1.29, 1.82) is 0 Å². The molecule has 0 fully saturated rings. The van der Waals surface area contributed by atoms with Gasteiger partial charge in [-0.15, -0.1) is 12.4 Å². The summed E-state index contributed by atoms with van der Waals surface area (Å²) in [4.78, 5) is 27.6. The summed E-state index contributed by atoms with van der Waals surface area (Å²) in [5.74, 6) is -0.118. The maximum absolute atomic E-state index is 13.0. The molecule has 3 rings (SSSR count). The van der Waals surface area contributed by atoms with Crippen molar-refractivity contribution in [1.82, 2.24) is 10.2 Å². The first-order chi connectivity index (χ1) is 13.5. The molecule has 0 radical (unpaired) electrons. The molecule has 0 saturated heterocycles. The van der Waals surface area contributed by atoms with Crippen LogP contribution < -0.4 is 11.1 Å². The number of carbonyl (C=O) groups is 2. The van der Waals surface area contributed by atoms with E-state index in [9.17, 15) is 9.59 Å². The molecule has 2 amide bonds. The number of amides is 2. The summed E-state index contributed by atoms with van der Waals surface area (Å²) in [6, 6.07) is 15.3. The number of hydrogen-bond acceptors (Lipinski definition) is 3. The summed E-state index contributed by atoms with van der Waals surface area (Å²) in [5.41, 5.74) is 9.84. The third-order valence-corrected chi connectivity index (χ3v) is 5.56. The molecule has 6 heteroatoms. The molecule has 156 valence electrons. The summed E-state index contributed by atoms with van der Waals surface area (Å²) < 4.78 is 0. The Balaban J connectivity index is 0.00000300. The molecule has 0 saturated carbocycles. The van der Waals surface area contributed by atoms with Crippen molar-refractivity contribution in [3.8, 4) is 0 Å². The molecule has 2 aromatic carbocycles. The van der Waals surface area contributed by atoms with Crippen LogP contribution in [-0.2, 0) is 29.0 Å². The Kier molecular flexibility index (Phi) is 8.09. The standard InChI is InChI=1S/C23H29N3O2.ClH/c1-3-16(2)23(28)26-15-19-7-5-4-6-18(19)14-21(26)22(27)25-13-12-17-8-10-20(24)11-9-17;/h4-11,16,21H,3,12-15,24H2,1-2H3,(H,25,27);1H. The molecule has 3 N–H and O–H groups in total. The van der Waals surface area contributed by atoms with Crippen LogP contribution in [0.15, 0.2) is 48.5 Å². The zero-order chi connectivity index (χ0) is 20.1. The highest BCUT2D eigenvalue weighted by Gasteiger charge is 2.35. The first-order valence-electron chi connectivity index (χ1n) is 9.99. The Morgan fingerprint density at radius 1 is 1.14 bits per heavy atom. The average Bonchev–Trinajstić information content (AvgIpc) is 2.73. The van der Waals surface area contributed by atoms with E-state index in [-0.39, 0.29) is 30.1 Å². The van der Waals surface area contributed by atoms with Crippen LogP contribution in [-0.4, -0.2) is 29.3 Å². The van der Waals surface area contributed by atoms with Crippen LogP contribution in [0.5, 0.6) is 0 Å². The van der Waals surface area contributed by atoms with Crippen molar-refractivity contribution >= 4 is 29.9 Å². The molecule has 29 heavy (non-hydrogen) atoms. The zero-order valence-electron chi connectivity index (χ0n) is 17.1. The Labute approximate surface area is 179 Å². The minimum atomic E-state index is -0.456. The SMILES string of the molecule is CCC(C)C(=O)N1Cc2ccccc2CC1C(=O)NCCc1ccc(N)cc1.Cl. The van der Waals surface area contributed by atoms with Gasteiger partial charge in [-0.2, -0.15) is 0 Å². The second kappa shape index (κ2) is 10.3. The van der Waals surface area contributed by atoms with E-state index in [1.165, 1.54) is 0 Å². The number of hydrogen-bond donors (Lipinski definition) is 2. The van der Waals surface area contributed by atoms with Crippen LogP contribution in [0.2, 0.25) is 0 Å². The van der Waals surface area contributed by atoms with Crippen molar-refractivity contribution in [2.45, 2.75) is 45.7 Å². The molecule has 0 aliphatic carbocycles. The molecule has 0 aromatic heterocycles. The fourth-order valence-corrected chi connectivity index (χ4v) is 3.58. The Hall–Kier alpha value is -2.53. The Morgan fingerprint density at radius 2 is 1.79 bits per heavy atom. The number of anilines is 1. The van der Waals surface area contributed by atoms with Gasteiger partial charge in [0.2, 0.25) is 11.8 Å². The highest BCUT2D eigenvalue weighted by molar-refractivity contribution is 5.89. The van der Waals surface area contributed by atoms with Crippen LogP contribution in [0.4, 0.5) is 5.69 Å². The number of fused-ring (bicyclic) bond motifs is 1. The molecular weight excluding hydrogens is 386 g/mol. The summed E-state index contributed by atoms with van der Waals surface area (Å²) in [6.45, 7) is 4.96. The second-order valence-corrected chi connectivity index (χ2v) is 7.55. The van der Waals surface area contributed by atoms with Gasteiger partial charge >= 0.3 is 0 Å². The van der Waals surface area contributed by atoms with Crippen LogP contribution >= 0.6 is 12.4 Å². The van der Waals surface area contributed by atoms with Gasteiger partial charge in [-0.3, -0.25) is 9.59 Å². The van der Waals surface area contributed by atoms with Gasteiger partial charge in [-0.1, -0.05) is 50.2 Å². The Bertz CT molecular complexity index is 838. The lowest BCUT2D eigenvalue weighted by atomic mass is 9.92. The molecular formula is C23H30ClN3O2. The van der Waals surface area contributed by atoms with E-state index in [2.05, 4.69) is 11.4 Å². The van der Waals surface area contributed by atoms with E-state index in [1.54, 1.807) is 4.90 Å². The summed E-state index contributed by atoms with van der Waals surface area (Å²) >= 11 is 0. The predicted molar refractivity (Wildman–Crippen MR) is 119 cm³/mol. The van der Waals surface area contributed by atoms with Gasteiger partial charge in [0.15, 0.2) is 0 Å². The number of rotatable bonds is 6. The van der Waals surface area contributed by atoms with Gasteiger partial charge in [0.25, 0.3) is 0 Å². The van der Waals surface area contributed by atoms with E-state index < -0.39 is 6.04 Å². The molecule has 5 nitrogen and oxygen atoms in total. The first-order valence-corrected chi connectivity index (χ1v) is 9.99. The number of nitrogens with one attached hydrogen (secondary N) is 1. The van der Waals surface area contributed by atoms with Crippen LogP contribution in [0.1, 0.15) is 37.0 Å².